The maximum Gasteiger partial charge on any atom is 0.332 e. The molecule has 2 atom stereocenters. The van der Waals surface area contributed by atoms with Gasteiger partial charge in [-0.2, -0.15) is 0 Å². The average molecular weight is 343 g/mol. The van der Waals surface area contributed by atoms with Crippen molar-refractivity contribution in [3.05, 3.63) is 64.7 Å². The van der Waals surface area contributed by atoms with Crippen LogP contribution < -0.4 is 4.90 Å². The molecule has 1 fully saturated rings. The number of nitrogens with zero attached hydrogens (tertiary/aromatic N) is 2. The molecule has 0 aliphatic carbocycles. The first-order valence-corrected chi connectivity index (χ1v) is 8.27. The zero-order chi connectivity index (χ0) is 17.4. The quantitative estimate of drug-likeness (QED) is 0.767. The second-order valence-corrected chi connectivity index (χ2v) is 6.48. The lowest BCUT2D eigenvalue weighted by Gasteiger charge is -2.24. The van der Waals surface area contributed by atoms with Gasteiger partial charge in [-0.25, -0.2) is 4.79 Å². The molecule has 124 valence electrons. The highest BCUT2D eigenvalue weighted by atomic mass is 35.5. The number of anilines is 1. The number of benzene rings is 2. The predicted molar refractivity (Wildman–Crippen MR) is 95.2 cm³/mol. The minimum absolute atomic E-state index is 0.215. The van der Waals surface area contributed by atoms with Gasteiger partial charge in [-0.1, -0.05) is 47.5 Å². The molecule has 1 aliphatic rings. The van der Waals surface area contributed by atoms with Crippen LogP contribution in [0.4, 0.5) is 10.5 Å². The van der Waals surface area contributed by atoms with Gasteiger partial charge in [0.15, 0.2) is 0 Å². The highest BCUT2D eigenvalue weighted by molar-refractivity contribution is 6.31. The van der Waals surface area contributed by atoms with Crippen molar-refractivity contribution in [1.82, 2.24) is 4.90 Å². The van der Waals surface area contributed by atoms with Crippen molar-refractivity contribution in [2.45, 2.75) is 32.9 Å². The number of carbonyl (C=O) groups excluding carboxylic acids is 2. The van der Waals surface area contributed by atoms with Crippen molar-refractivity contribution in [2.75, 3.05) is 4.90 Å². The molecule has 1 aliphatic heterocycles. The summed E-state index contributed by atoms with van der Waals surface area (Å²) in [4.78, 5) is 28.5. The van der Waals surface area contributed by atoms with Crippen LogP contribution in [0.25, 0.3) is 0 Å². The first-order valence-electron chi connectivity index (χ1n) is 7.89. The van der Waals surface area contributed by atoms with Crippen LogP contribution in [-0.4, -0.2) is 22.9 Å². The molecule has 24 heavy (non-hydrogen) atoms. The summed E-state index contributed by atoms with van der Waals surface area (Å²) in [7, 11) is 0. The molecule has 0 spiro atoms. The summed E-state index contributed by atoms with van der Waals surface area (Å²) in [6.45, 7) is 5.55. The fourth-order valence-electron chi connectivity index (χ4n) is 3.04. The van der Waals surface area contributed by atoms with E-state index in [4.69, 9.17) is 11.6 Å². The number of rotatable bonds is 3. The summed E-state index contributed by atoms with van der Waals surface area (Å²) >= 11 is 6.24. The summed E-state index contributed by atoms with van der Waals surface area (Å²) in [5, 5.41) is 0.548. The van der Waals surface area contributed by atoms with E-state index < -0.39 is 12.1 Å². The molecule has 0 unspecified atom stereocenters. The van der Waals surface area contributed by atoms with Crippen molar-refractivity contribution >= 4 is 29.2 Å². The second-order valence-electron chi connectivity index (χ2n) is 6.07. The fraction of sp³-hybridized carbons (Fsp3) is 0.263. The minimum Gasteiger partial charge on any atom is -0.282 e. The maximum absolute atomic E-state index is 12.9. The Labute approximate surface area is 146 Å². The first-order chi connectivity index (χ1) is 11.4. The molecule has 2 aromatic carbocycles. The van der Waals surface area contributed by atoms with Crippen LogP contribution in [0.5, 0.6) is 0 Å². The zero-order valence-electron chi connectivity index (χ0n) is 13.9. The van der Waals surface area contributed by atoms with E-state index in [1.165, 1.54) is 9.80 Å². The minimum atomic E-state index is -0.537. The van der Waals surface area contributed by atoms with Gasteiger partial charge in [0.25, 0.3) is 5.91 Å². The molecule has 3 amide bonds. The number of halogens is 1. The summed E-state index contributed by atoms with van der Waals surface area (Å²) < 4.78 is 0. The molecule has 0 N–H and O–H groups in total. The van der Waals surface area contributed by atoms with Crippen LogP contribution >= 0.6 is 11.6 Å². The number of aryl methyl sites for hydroxylation is 1. The van der Waals surface area contributed by atoms with Crippen LogP contribution in [0.15, 0.2) is 48.5 Å². The lowest BCUT2D eigenvalue weighted by atomic mass is 10.1. The monoisotopic (exact) mass is 342 g/mol. The number of urea groups is 1. The highest BCUT2D eigenvalue weighted by Crippen LogP contribution is 2.34. The van der Waals surface area contributed by atoms with E-state index in [0.29, 0.717) is 5.02 Å². The van der Waals surface area contributed by atoms with Gasteiger partial charge in [-0.15, -0.1) is 0 Å². The summed E-state index contributed by atoms with van der Waals surface area (Å²) in [5.41, 5.74) is 2.59. The first kappa shape index (κ1) is 16.5. The number of imide groups is 1. The van der Waals surface area contributed by atoms with Crippen LogP contribution in [0.1, 0.15) is 31.0 Å². The van der Waals surface area contributed by atoms with Crippen LogP contribution in [0.3, 0.4) is 0 Å². The van der Waals surface area contributed by atoms with Gasteiger partial charge >= 0.3 is 6.03 Å². The van der Waals surface area contributed by atoms with Gasteiger partial charge in [0.05, 0.1) is 6.04 Å². The van der Waals surface area contributed by atoms with Gasteiger partial charge in [-0.05, 0) is 44.5 Å². The third-order valence-electron chi connectivity index (χ3n) is 4.45. The lowest BCUT2D eigenvalue weighted by Crippen LogP contribution is -2.35. The van der Waals surface area contributed by atoms with Gasteiger partial charge in [-0.3, -0.25) is 14.6 Å². The molecule has 3 rings (SSSR count). The summed E-state index contributed by atoms with van der Waals surface area (Å²) in [5.74, 6) is -0.215. The summed E-state index contributed by atoms with van der Waals surface area (Å²) in [6.07, 6.45) is 0. The molecule has 0 radical (unpaired) electrons. The van der Waals surface area contributed by atoms with E-state index in [1.807, 2.05) is 56.3 Å². The number of amides is 3. The predicted octanol–water partition coefficient (Wildman–Crippen LogP) is 4.57. The van der Waals surface area contributed by atoms with Crippen molar-refractivity contribution in [1.29, 1.82) is 0 Å². The molecule has 2 aromatic rings. The Kier molecular flexibility index (Phi) is 4.33. The SMILES string of the molecule is Cc1ccc(N2C(=O)N([C@H](C)c3ccccc3Cl)C(=O)[C@H]2C)cc1. The van der Waals surface area contributed by atoms with Crippen molar-refractivity contribution in [3.8, 4) is 0 Å². The molecule has 0 bridgehead atoms. The molecule has 0 saturated carbocycles. The van der Waals surface area contributed by atoms with E-state index >= 15 is 0 Å². The van der Waals surface area contributed by atoms with Crippen molar-refractivity contribution < 1.29 is 9.59 Å². The molecule has 5 heteroatoms. The Hall–Kier alpha value is -2.33. The van der Waals surface area contributed by atoms with E-state index in [-0.39, 0.29) is 11.9 Å². The topological polar surface area (TPSA) is 40.6 Å². The molecule has 0 aromatic heterocycles. The van der Waals surface area contributed by atoms with Gasteiger partial charge in [0.1, 0.15) is 6.04 Å². The van der Waals surface area contributed by atoms with E-state index in [0.717, 1.165) is 16.8 Å². The smallest absolute Gasteiger partial charge is 0.282 e. The molecular weight excluding hydrogens is 324 g/mol. The highest BCUT2D eigenvalue weighted by Gasteiger charge is 2.45. The molecule has 1 saturated heterocycles. The Morgan fingerprint density at radius 1 is 1.04 bits per heavy atom. The molecule has 1 heterocycles. The molecule has 4 nitrogen and oxygen atoms in total. The lowest BCUT2D eigenvalue weighted by molar-refractivity contribution is -0.128. The number of hydrogen-bond acceptors (Lipinski definition) is 2. The largest absolute Gasteiger partial charge is 0.332 e. The Morgan fingerprint density at radius 2 is 1.67 bits per heavy atom. The Balaban J connectivity index is 1.96. The third kappa shape index (κ3) is 2.67. The fourth-order valence-corrected chi connectivity index (χ4v) is 3.33. The summed E-state index contributed by atoms with van der Waals surface area (Å²) in [6, 6.07) is 13.6. The Bertz CT molecular complexity index is 788. The van der Waals surface area contributed by atoms with E-state index in [1.54, 1.807) is 13.0 Å². The van der Waals surface area contributed by atoms with Crippen LogP contribution in [0.2, 0.25) is 5.02 Å². The van der Waals surface area contributed by atoms with Crippen molar-refractivity contribution in [2.24, 2.45) is 0 Å². The van der Waals surface area contributed by atoms with Gasteiger partial charge in [0, 0.05) is 10.7 Å². The zero-order valence-corrected chi connectivity index (χ0v) is 14.6. The van der Waals surface area contributed by atoms with Crippen LogP contribution in [0, 0.1) is 6.92 Å². The molecular formula is C19H19ClN2O2. The Morgan fingerprint density at radius 3 is 2.29 bits per heavy atom. The third-order valence-corrected chi connectivity index (χ3v) is 4.79. The average Bonchev–Trinajstić information content (AvgIpc) is 2.78. The van der Waals surface area contributed by atoms with Gasteiger partial charge < -0.3 is 0 Å². The number of hydrogen-bond donors (Lipinski definition) is 0. The standard InChI is InChI=1S/C19H19ClN2O2/c1-12-8-10-15(11-9-12)21-14(3)18(23)22(19(21)24)13(2)16-6-4-5-7-17(16)20/h4-11,13-14H,1-3H3/t13-,14-/m1/s1. The van der Waals surface area contributed by atoms with Crippen LogP contribution in [-0.2, 0) is 4.79 Å². The normalized spacial score (nSPS) is 19.1. The second kappa shape index (κ2) is 6.29. The van der Waals surface area contributed by atoms with Gasteiger partial charge in [0.2, 0.25) is 0 Å². The maximum atomic E-state index is 12.9. The number of carbonyl (C=O) groups is 2. The van der Waals surface area contributed by atoms with E-state index in [2.05, 4.69) is 0 Å². The van der Waals surface area contributed by atoms with E-state index in [9.17, 15) is 9.59 Å². The van der Waals surface area contributed by atoms with Crippen molar-refractivity contribution in [3.63, 3.8) is 0 Å².